The second kappa shape index (κ2) is 37.8. The van der Waals surface area contributed by atoms with E-state index in [0.717, 1.165) is 162 Å². The van der Waals surface area contributed by atoms with Crippen LogP contribution < -0.4 is 30.7 Å². The minimum absolute atomic E-state index is 0.0000573. The Morgan fingerprint density at radius 3 is 1.23 bits per heavy atom. The van der Waals surface area contributed by atoms with Gasteiger partial charge in [0.05, 0.1) is 87.8 Å². The number of ether oxygens (including phenoxy) is 7. The van der Waals surface area contributed by atoms with Crippen LogP contribution in [-0.4, -0.2) is 206 Å². The van der Waals surface area contributed by atoms with Crippen molar-refractivity contribution in [3.8, 4) is 56.3 Å². The zero-order valence-corrected chi connectivity index (χ0v) is 76.5. The number of hydrogen-bond acceptors (Lipinski definition) is 20. The van der Waals surface area contributed by atoms with Gasteiger partial charge in [0.2, 0.25) is 17.7 Å². The summed E-state index contributed by atoms with van der Waals surface area (Å²) in [6, 6.07) is 26.1. The highest BCUT2D eigenvalue weighted by Crippen LogP contribution is 2.49. The van der Waals surface area contributed by atoms with Crippen molar-refractivity contribution in [2.75, 3.05) is 41.5 Å². The van der Waals surface area contributed by atoms with Gasteiger partial charge in [0.15, 0.2) is 0 Å². The van der Waals surface area contributed by atoms with Gasteiger partial charge >= 0.3 is 36.4 Å². The maximum absolute atomic E-state index is 13.9. The largest absolute Gasteiger partial charge is 0.488 e. The van der Waals surface area contributed by atoms with Crippen LogP contribution in [0.2, 0.25) is 0 Å². The number of hydrogen-bond donors (Lipinski definition) is 7. The number of aliphatic carboxylic acids is 1. The molecule has 7 N–H and O–H groups in total. The second-order valence-corrected chi connectivity index (χ2v) is 37.5. The maximum Gasteiger partial charge on any atom is 0.410 e. The number of benzene rings is 6. The summed E-state index contributed by atoms with van der Waals surface area (Å²) < 4.78 is 37.4. The van der Waals surface area contributed by atoms with Crippen molar-refractivity contribution in [1.29, 1.82) is 0 Å². The van der Waals surface area contributed by atoms with Crippen LogP contribution >= 0.6 is 0 Å². The van der Waals surface area contributed by atoms with Crippen LogP contribution in [0, 0.1) is 35.5 Å². The molecule has 31 nitrogen and oxygen atoms in total. The number of aromatic amines is 2. The van der Waals surface area contributed by atoms with Gasteiger partial charge in [0, 0.05) is 60.6 Å². The smallest absolute Gasteiger partial charge is 0.410 e. The zero-order chi connectivity index (χ0) is 91.9. The van der Waals surface area contributed by atoms with Crippen molar-refractivity contribution >= 4 is 98.5 Å². The standard InChI is InChI=1S/C46H55N7O7.C44H52N6O6.C7H13NO4/c1-23(2)40(50-45(56)58-7)43(54)52-21-25(5)15-38(52)35-18-32-31-19-39-33(17-27(31)11-13-34(32)48-35)30-12-10-28(16-29(30)22-60-39)36-20-47-42(49-36)37-14-9-26(6)53(37)44(55)41(24(3)4)51-46(57)59-8;1-23(2)39(48-42(52)54-8)41(51)50-25(4)9-14-36(50)40-45-20-35(47-40)27-10-12-29-28(16-27)22-55-38-19-30-26(17-32(29)38)11-13-33-31(30)18-34(46-33)37-15-24(3)21-49(37)43(53)56-44(5,6)7;1-4(2)5(6(9)10)8-7(11)12-3/h10-13,16-17,19-20,23-26,37-38,40-41H,9,14-15,18,21-22H2,1-8H3,(H,47,49)(H,50,56)(H,51,57);10-13,16-17,19-20,23-25,36-37,39H,9,14-15,18,21-22H2,1-8H3,(H,45,47)(H,48,52);4-5H,1-3H3,(H,8,11)(H,9,10)/t25-,26-,37-,38-,40-,41-;24-,25-,36-,37-,39-;5-/m000/s1. The summed E-state index contributed by atoms with van der Waals surface area (Å²) in [7, 11) is 5.09. The van der Waals surface area contributed by atoms with Crippen molar-refractivity contribution in [2.24, 2.45) is 45.5 Å². The normalized spacial score (nSPS) is 20.9. The summed E-state index contributed by atoms with van der Waals surface area (Å²) in [5.74, 6) is 1.78. The molecule has 8 amide bonds. The van der Waals surface area contributed by atoms with Crippen LogP contribution in [0.25, 0.3) is 66.3 Å². The van der Waals surface area contributed by atoms with E-state index in [1.54, 1.807) is 13.8 Å². The molecule has 6 aromatic carbocycles. The number of carbonyl (C=O) groups is 9. The number of alkyl carbamates (subject to hydrolysis) is 4. The number of rotatable bonds is 18. The van der Waals surface area contributed by atoms with Crippen molar-refractivity contribution in [3.05, 3.63) is 131 Å². The van der Waals surface area contributed by atoms with Crippen LogP contribution in [0.3, 0.4) is 0 Å². The Bertz CT molecular complexity index is 5690. The minimum Gasteiger partial charge on any atom is -0.488 e. The second-order valence-electron chi connectivity index (χ2n) is 37.5. The number of imidazole rings is 2. The predicted molar refractivity (Wildman–Crippen MR) is 485 cm³/mol. The van der Waals surface area contributed by atoms with Crippen LogP contribution in [0.5, 0.6) is 11.5 Å². The van der Waals surface area contributed by atoms with Gasteiger partial charge in [-0.2, -0.15) is 0 Å². The van der Waals surface area contributed by atoms with Gasteiger partial charge < -0.3 is 84.2 Å². The van der Waals surface area contributed by atoms with Crippen molar-refractivity contribution < 1.29 is 81.4 Å². The third-order valence-corrected chi connectivity index (χ3v) is 25.8. The van der Waals surface area contributed by atoms with Gasteiger partial charge in [-0.05, 0) is 223 Å². The Balaban J connectivity index is 0.000000184. The van der Waals surface area contributed by atoms with Gasteiger partial charge in [0.25, 0.3) is 0 Å². The average molecular weight is 1750 g/mol. The minimum atomic E-state index is -1.06. The molecule has 16 rings (SSSR count). The summed E-state index contributed by atoms with van der Waals surface area (Å²) in [6.07, 6.45) is 6.96. The number of H-pyrrole nitrogens is 2. The first-order chi connectivity index (χ1) is 60.9. The number of fused-ring (bicyclic) bond motifs is 12. The van der Waals surface area contributed by atoms with Gasteiger partial charge in [-0.15, -0.1) is 0 Å². The third-order valence-electron chi connectivity index (χ3n) is 25.8. The Morgan fingerprint density at radius 1 is 0.469 bits per heavy atom. The van der Waals surface area contributed by atoms with Crippen molar-refractivity contribution in [2.45, 2.75) is 234 Å². The summed E-state index contributed by atoms with van der Waals surface area (Å²) in [5.41, 5.74) is 15.7. The van der Waals surface area contributed by atoms with Gasteiger partial charge in [-0.25, -0.2) is 38.7 Å². The highest BCUT2D eigenvalue weighted by Gasteiger charge is 2.47. The van der Waals surface area contributed by atoms with Gasteiger partial charge in [0.1, 0.15) is 66.1 Å². The fraction of sp³-hybridized carbons (Fsp3) is 0.495. The van der Waals surface area contributed by atoms with E-state index in [-0.39, 0.29) is 83.7 Å². The number of aliphatic imine (C=N–C) groups is 2. The molecule has 0 bridgehead atoms. The van der Waals surface area contributed by atoms with E-state index >= 15 is 0 Å². The van der Waals surface area contributed by atoms with Crippen LogP contribution in [-0.2, 0) is 68.9 Å². The highest BCUT2D eigenvalue weighted by molar-refractivity contribution is 6.08. The molecule has 8 aliphatic heterocycles. The SMILES string of the molecule is COC(=O)N[C@H](C(=O)N1C[C@@H](C)C[C@H]1C1=Nc2ccc3cc4c(cc3c2C1)OCc1cc(-c2cnc([C@@H]3CC[C@H](C)N3C(=O)[C@@H](NC(=O)OC)C(C)C)[nH]2)ccc1-4)C(C)C.COC(=O)N[C@H](C(=O)N1[C@@H](C)CC[C@H]1c1ncc(-c2ccc3c(c2)COc2cc4c5c(ccc4cc2-3)N=C([C@@H]2C[C@H](C)CN2C(=O)OC(C)(C)C)C5)[nH]1)C(C)C.COC(=O)N[C@H](C(=O)O)C(C)C. The Kier molecular flexibility index (Phi) is 27.0. The van der Waals surface area contributed by atoms with Gasteiger partial charge in [-0.1, -0.05) is 106 Å². The molecule has 0 radical (unpaired) electrons. The molecular formula is C97H120N14O17. The van der Waals surface area contributed by atoms with E-state index in [2.05, 4.69) is 135 Å². The Labute approximate surface area is 746 Å². The van der Waals surface area contributed by atoms with Crippen molar-refractivity contribution in [1.82, 2.24) is 60.8 Å². The molecule has 8 aliphatic rings. The topological polar surface area (TPSA) is 382 Å². The Morgan fingerprint density at radius 2 is 0.852 bits per heavy atom. The first kappa shape index (κ1) is 91.6. The Hall–Kier alpha value is -12.6. The molecule has 0 aliphatic carbocycles. The van der Waals surface area contributed by atoms with Crippen molar-refractivity contribution in [3.63, 3.8) is 0 Å². The lowest BCUT2D eigenvalue weighted by atomic mass is 9.90. The number of carboxylic acid groups (broad SMARTS) is 1. The fourth-order valence-corrected chi connectivity index (χ4v) is 19.1. The van der Waals surface area contributed by atoms with E-state index in [1.807, 2.05) is 108 Å². The molecule has 680 valence electrons. The number of nitrogens with zero attached hydrogens (tertiary/aromatic N) is 8. The molecule has 2 aromatic heterocycles. The van der Waals surface area contributed by atoms with Crippen LogP contribution in [0.15, 0.2) is 107 Å². The number of methoxy groups -OCH3 is 4. The molecule has 4 saturated heterocycles. The molecule has 0 spiro atoms. The first-order valence-corrected chi connectivity index (χ1v) is 44.5. The number of likely N-dealkylation sites (tertiary alicyclic amines) is 4. The third kappa shape index (κ3) is 19.0. The summed E-state index contributed by atoms with van der Waals surface area (Å²) in [6.45, 7) is 31.1. The summed E-state index contributed by atoms with van der Waals surface area (Å²) in [4.78, 5) is 147. The number of aromatic nitrogens is 4. The maximum atomic E-state index is 13.9. The quantitative estimate of drug-likeness (QED) is 0.0392. The fourth-order valence-electron chi connectivity index (χ4n) is 19.1. The summed E-state index contributed by atoms with van der Waals surface area (Å²) in [5, 5.41) is 23.4. The average Bonchev–Trinajstić information content (AvgIpc) is 0.959. The van der Waals surface area contributed by atoms with Crippen LogP contribution in [0.4, 0.5) is 35.3 Å². The van der Waals surface area contributed by atoms with E-state index in [0.29, 0.717) is 56.8 Å². The molecule has 31 heteroatoms. The summed E-state index contributed by atoms with van der Waals surface area (Å²) >= 11 is 0. The molecule has 128 heavy (non-hydrogen) atoms. The molecule has 8 aromatic rings. The molecule has 0 saturated carbocycles. The number of nitrogens with one attached hydrogen (secondary N) is 6. The highest BCUT2D eigenvalue weighted by atomic mass is 16.6. The zero-order valence-electron chi connectivity index (χ0n) is 76.5. The lowest BCUT2D eigenvalue weighted by molar-refractivity contribution is -0.140. The van der Waals surface area contributed by atoms with E-state index in [4.69, 9.17) is 53.5 Å². The number of carbonyl (C=O) groups excluding carboxylic acids is 8. The van der Waals surface area contributed by atoms with Gasteiger partial charge in [-0.3, -0.25) is 29.3 Å². The number of carboxylic acids is 1. The van der Waals surface area contributed by atoms with E-state index < -0.39 is 60.1 Å². The molecule has 4 fully saturated rings. The first-order valence-electron chi connectivity index (χ1n) is 44.5. The molecule has 12 atom stereocenters. The predicted octanol–water partition coefficient (Wildman–Crippen LogP) is 16.4. The lowest BCUT2D eigenvalue weighted by Crippen LogP contribution is -2.53. The lowest BCUT2D eigenvalue weighted by Gasteiger charge is -2.32. The monoisotopic (exact) mass is 1750 g/mol. The molecule has 0 unspecified atom stereocenters. The molecular weight excluding hydrogens is 1630 g/mol. The molecule has 10 heterocycles. The van der Waals surface area contributed by atoms with Crippen LogP contribution in [0.1, 0.15) is 188 Å². The van der Waals surface area contributed by atoms with E-state index in [9.17, 15) is 43.2 Å². The van der Waals surface area contributed by atoms with E-state index in [1.165, 1.54) is 34.0 Å². The number of amides is 8.